The summed E-state index contributed by atoms with van der Waals surface area (Å²) < 4.78 is 38.9. The molecule has 0 saturated carbocycles. The summed E-state index contributed by atoms with van der Waals surface area (Å²) in [6, 6.07) is 8.42. The predicted molar refractivity (Wildman–Crippen MR) is 120 cm³/mol. The Bertz CT molecular complexity index is 1310. The van der Waals surface area contributed by atoms with Gasteiger partial charge in [-0.25, -0.2) is 22.1 Å². The van der Waals surface area contributed by atoms with Crippen LogP contribution in [0.4, 0.5) is 10.2 Å². The Morgan fingerprint density at radius 3 is 2.42 bits per heavy atom. The summed E-state index contributed by atoms with van der Waals surface area (Å²) in [5.41, 5.74) is 0.0716. The molecule has 0 aliphatic heterocycles. The second-order valence-corrected chi connectivity index (χ2v) is 9.31. The molecule has 1 aromatic carbocycles. The third kappa shape index (κ3) is 5.34. The number of sulfonamides is 1. The number of aromatic nitrogens is 2. The Morgan fingerprint density at radius 2 is 1.82 bits per heavy atom. The maximum absolute atomic E-state index is 13.1. The van der Waals surface area contributed by atoms with Crippen molar-refractivity contribution >= 4 is 38.6 Å². The monoisotopic (exact) mass is 475 g/mol. The quantitative estimate of drug-likeness (QED) is 0.526. The molecule has 0 fully saturated rings. The van der Waals surface area contributed by atoms with Gasteiger partial charge in [0.15, 0.2) is 17.3 Å². The normalized spacial score (nSPS) is 11.3. The molecule has 0 bridgehead atoms. The van der Waals surface area contributed by atoms with Gasteiger partial charge < -0.3 is 15.3 Å². The van der Waals surface area contributed by atoms with Gasteiger partial charge in [0.05, 0.1) is 6.26 Å². The molecule has 2 N–H and O–H groups in total. The van der Waals surface area contributed by atoms with Crippen molar-refractivity contribution in [3.63, 3.8) is 0 Å². The summed E-state index contributed by atoms with van der Waals surface area (Å²) in [4.78, 5) is 34.5. The van der Waals surface area contributed by atoms with Gasteiger partial charge in [-0.05, 0) is 29.8 Å². The molecule has 174 valence electrons. The van der Waals surface area contributed by atoms with E-state index >= 15 is 0 Å². The van der Waals surface area contributed by atoms with E-state index in [1.807, 2.05) is 0 Å². The highest BCUT2D eigenvalue weighted by Gasteiger charge is 2.29. The van der Waals surface area contributed by atoms with E-state index in [0.29, 0.717) is 5.56 Å². The molecule has 0 atom stereocenters. The number of hydrogen-bond acceptors (Lipinski definition) is 7. The molecule has 0 spiro atoms. The zero-order chi connectivity index (χ0) is 24.3. The first-order chi connectivity index (χ1) is 15.5. The number of hydrogen-bond donors (Lipinski definition) is 2. The van der Waals surface area contributed by atoms with Gasteiger partial charge in [0.25, 0.3) is 5.91 Å². The van der Waals surface area contributed by atoms with Crippen LogP contribution in [0.15, 0.2) is 42.6 Å². The number of nitrogens with zero attached hydrogens (tertiary/aromatic N) is 4. The first kappa shape index (κ1) is 23.9. The molecule has 2 amide bonds. The number of carbonyl (C=O) groups is 2. The first-order valence-electron chi connectivity index (χ1n) is 9.67. The Morgan fingerprint density at radius 1 is 1.15 bits per heavy atom. The van der Waals surface area contributed by atoms with E-state index < -0.39 is 45.6 Å². The number of aromatic hydroxyl groups is 1. The lowest BCUT2D eigenvalue weighted by Crippen LogP contribution is -2.40. The average molecular weight is 476 g/mol. The van der Waals surface area contributed by atoms with E-state index in [9.17, 15) is 27.5 Å². The number of pyridine rings is 2. The molecule has 0 aliphatic rings. The molecule has 33 heavy (non-hydrogen) atoms. The number of fused-ring (bicyclic) bond motifs is 1. The highest BCUT2D eigenvalue weighted by molar-refractivity contribution is 7.92. The molecule has 2 aromatic heterocycles. The number of benzene rings is 1. The Hall–Kier alpha value is -3.80. The van der Waals surface area contributed by atoms with Crippen LogP contribution in [0, 0.1) is 5.82 Å². The Kier molecular flexibility index (Phi) is 6.77. The van der Waals surface area contributed by atoms with Crippen molar-refractivity contribution in [1.29, 1.82) is 0 Å². The first-order valence-corrected chi connectivity index (χ1v) is 11.5. The van der Waals surface area contributed by atoms with Crippen LogP contribution < -0.4 is 9.62 Å². The van der Waals surface area contributed by atoms with Crippen LogP contribution in [0.3, 0.4) is 0 Å². The van der Waals surface area contributed by atoms with Crippen LogP contribution in [-0.4, -0.2) is 67.1 Å². The van der Waals surface area contributed by atoms with Crippen LogP contribution >= 0.6 is 0 Å². The molecule has 12 heteroatoms. The summed E-state index contributed by atoms with van der Waals surface area (Å²) in [7, 11) is -1.06. The molecule has 0 saturated heterocycles. The number of rotatable bonds is 7. The predicted octanol–water partition coefficient (Wildman–Crippen LogP) is 1.26. The fourth-order valence-corrected chi connectivity index (χ4v) is 3.73. The number of likely N-dealkylation sites (N-methyl/N-ethyl adjacent to an activating group) is 1. The molecule has 2 heterocycles. The van der Waals surface area contributed by atoms with Gasteiger partial charge in [0.2, 0.25) is 15.9 Å². The minimum atomic E-state index is -4.01. The zero-order valence-corrected chi connectivity index (χ0v) is 18.9. The summed E-state index contributed by atoms with van der Waals surface area (Å²) in [5, 5.41) is 13.3. The van der Waals surface area contributed by atoms with Gasteiger partial charge in [0, 0.05) is 32.2 Å². The molecule has 3 aromatic rings. The highest BCUT2D eigenvalue weighted by atomic mass is 32.2. The third-order valence-electron chi connectivity index (χ3n) is 4.71. The summed E-state index contributed by atoms with van der Waals surface area (Å²) in [6.45, 7) is -0.561. The number of nitrogens with one attached hydrogen (secondary N) is 1. The van der Waals surface area contributed by atoms with E-state index in [2.05, 4.69) is 15.3 Å². The molecule has 0 radical (unpaired) electrons. The number of amides is 2. The van der Waals surface area contributed by atoms with Crippen molar-refractivity contribution < 1.29 is 27.5 Å². The zero-order valence-electron chi connectivity index (χ0n) is 18.1. The van der Waals surface area contributed by atoms with Crippen molar-refractivity contribution in [2.45, 2.75) is 6.54 Å². The molecule has 0 aliphatic carbocycles. The van der Waals surface area contributed by atoms with E-state index in [0.717, 1.165) is 10.6 Å². The third-order valence-corrected chi connectivity index (χ3v) is 5.81. The van der Waals surface area contributed by atoms with Gasteiger partial charge >= 0.3 is 0 Å². The molecule has 10 nitrogen and oxygen atoms in total. The molecular weight excluding hydrogens is 453 g/mol. The largest absolute Gasteiger partial charge is 0.504 e. The minimum Gasteiger partial charge on any atom is -0.504 e. The maximum atomic E-state index is 13.1. The Balaban J connectivity index is 2.07. The van der Waals surface area contributed by atoms with Crippen molar-refractivity contribution in [3.8, 4) is 5.75 Å². The number of anilines is 1. The van der Waals surface area contributed by atoms with Crippen LogP contribution in [0.25, 0.3) is 10.9 Å². The highest BCUT2D eigenvalue weighted by Crippen LogP contribution is 2.33. The second-order valence-electron chi connectivity index (χ2n) is 7.40. The number of halogens is 1. The molecule has 0 unspecified atom stereocenters. The van der Waals surface area contributed by atoms with Crippen molar-refractivity contribution in [2.24, 2.45) is 0 Å². The average Bonchev–Trinajstić information content (AvgIpc) is 2.76. The summed E-state index contributed by atoms with van der Waals surface area (Å²) in [5.74, 6) is -2.52. The van der Waals surface area contributed by atoms with Gasteiger partial charge in [-0.2, -0.15) is 0 Å². The van der Waals surface area contributed by atoms with Gasteiger partial charge in [-0.1, -0.05) is 12.1 Å². The lowest BCUT2D eigenvalue weighted by Gasteiger charge is -2.24. The van der Waals surface area contributed by atoms with E-state index in [1.54, 1.807) is 0 Å². The fraction of sp³-hybridized carbons (Fsp3) is 0.238. The van der Waals surface area contributed by atoms with E-state index in [1.165, 1.54) is 61.6 Å². The van der Waals surface area contributed by atoms with Gasteiger partial charge in [-0.15, -0.1) is 0 Å². The summed E-state index contributed by atoms with van der Waals surface area (Å²) in [6.07, 6.45) is 2.27. The fourth-order valence-electron chi connectivity index (χ4n) is 2.94. The van der Waals surface area contributed by atoms with Gasteiger partial charge in [0.1, 0.15) is 17.9 Å². The topological polar surface area (TPSA) is 133 Å². The number of carbonyl (C=O) groups excluding carboxylic acids is 2. The van der Waals surface area contributed by atoms with Crippen LogP contribution in [-0.2, 0) is 21.4 Å². The van der Waals surface area contributed by atoms with E-state index in [-0.39, 0.29) is 23.3 Å². The maximum Gasteiger partial charge on any atom is 0.274 e. The van der Waals surface area contributed by atoms with Crippen molar-refractivity contribution in [3.05, 3.63) is 59.7 Å². The van der Waals surface area contributed by atoms with Crippen molar-refractivity contribution in [1.82, 2.24) is 20.2 Å². The van der Waals surface area contributed by atoms with Gasteiger partial charge in [-0.3, -0.25) is 14.6 Å². The minimum absolute atomic E-state index is 0.00469. The summed E-state index contributed by atoms with van der Waals surface area (Å²) >= 11 is 0. The Labute approximate surface area is 189 Å². The smallest absolute Gasteiger partial charge is 0.274 e. The van der Waals surface area contributed by atoms with Crippen LogP contribution in [0.2, 0.25) is 0 Å². The van der Waals surface area contributed by atoms with Crippen LogP contribution in [0.1, 0.15) is 16.1 Å². The lowest BCUT2D eigenvalue weighted by atomic mass is 10.1. The molecule has 3 rings (SSSR count). The molecular formula is C21H22FN5O5S. The SMILES string of the molecule is CN(C)C(=O)CN(c1nc(C(=O)NCc2ccc(F)cc2)c(O)c2ncccc12)S(C)(=O)=O. The second kappa shape index (κ2) is 9.36. The van der Waals surface area contributed by atoms with Crippen LogP contribution in [0.5, 0.6) is 5.75 Å². The lowest BCUT2D eigenvalue weighted by molar-refractivity contribution is -0.127. The standard InChI is InChI=1S/C21H22FN5O5S/c1-26(2)16(28)12-27(33(3,31)32)20-15-5-4-10-23-17(15)19(29)18(25-20)21(30)24-11-13-6-8-14(22)9-7-13/h4-10,29H,11-12H2,1-3H3,(H,24,30). The van der Waals surface area contributed by atoms with Crippen molar-refractivity contribution in [2.75, 3.05) is 31.2 Å². The van der Waals surface area contributed by atoms with E-state index in [4.69, 9.17) is 0 Å².